The second kappa shape index (κ2) is 6.78. The summed E-state index contributed by atoms with van der Waals surface area (Å²) in [6.07, 6.45) is 3.70. The Labute approximate surface area is 143 Å². The molecular weight excluding hydrogens is 296 g/mol. The third-order valence-corrected chi connectivity index (χ3v) is 5.26. The highest BCUT2D eigenvalue weighted by Gasteiger charge is 2.23. The molecule has 0 saturated carbocycles. The summed E-state index contributed by atoms with van der Waals surface area (Å²) in [5.74, 6) is 0.276. The Morgan fingerprint density at radius 2 is 1.54 bits per heavy atom. The van der Waals surface area contributed by atoms with Crippen molar-refractivity contribution in [1.82, 2.24) is 4.90 Å². The van der Waals surface area contributed by atoms with Gasteiger partial charge >= 0.3 is 0 Å². The maximum absolute atomic E-state index is 12.3. The number of nitrogens with zero attached hydrogens (tertiary/aromatic N) is 2. The van der Waals surface area contributed by atoms with Crippen LogP contribution in [0.2, 0.25) is 0 Å². The molecule has 0 radical (unpaired) electrons. The molecule has 2 aliphatic heterocycles. The van der Waals surface area contributed by atoms with Gasteiger partial charge in [-0.2, -0.15) is 0 Å². The van der Waals surface area contributed by atoms with E-state index in [-0.39, 0.29) is 5.91 Å². The summed E-state index contributed by atoms with van der Waals surface area (Å²) in [5, 5.41) is 0. The number of anilines is 1. The van der Waals surface area contributed by atoms with Crippen LogP contribution >= 0.6 is 0 Å². The number of benzene rings is 2. The first-order chi connectivity index (χ1) is 11.8. The van der Waals surface area contributed by atoms with Crippen LogP contribution in [-0.4, -0.2) is 30.4 Å². The van der Waals surface area contributed by atoms with Crippen LogP contribution in [0.25, 0.3) is 0 Å². The summed E-state index contributed by atoms with van der Waals surface area (Å²) in [6, 6.07) is 17.1. The lowest BCUT2D eigenvalue weighted by atomic mass is 9.99. The molecular formula is C21H24N2O. The minimum atomic E-state index is 0.276. The molecule has 0 bridgehead atoms. The van der Waals surface area contributed by atoms with Crippen molar-refractivity contribution in [3.63, 3.8) is 0 Å². The van der Waals surface area contributed by atoms with E-state index in [1.54, 1.807) is 0 Å². The molecule has 2 heterocycles. The zero-order valence-corrected chi connectivity index (χ0v) is 14.1. The van der Waals surface area contributed by atoms with E-state index in [0.29, 0.717) is 6.42 Å². The monoisotopic (exact) mass is 320 g/mol. The normalized spacial score (nSPS) is 17.5. The Morgan fingerprint density at radius 1 is 0.792 bits per heavy atom. The van der Waals surface area contributed by atoms with E-state index in [1.165, 1.54) is 16.7 Å². The zero-order chi connectivity index (χ0) is 16.4. The van der Waals surface area contributed by atoms with Crippen LogP contribution in [0.1, 0.15) is 29.5 Å². The molecule has 2 aromatic rings. The van der Waals surface area contributed by atoms with E-state index in [0.717, 1.165) is 51.1 Å². The summed E-state index contributed by atoms with van der Waals surface area (Å²) < 4.78 is 0. The second-order valence-electron chi connectivity index (χ2n) is 6.82. The predicted octanol–water partition coefficient (Wildman–Crippen LogP) is 3.41. The molecule has 3 nitrogen and oxygen atoms in total. The number of hydrogen-bond acceptors (Lipinski definition) is 2. The highest BCUT2D eigenvalue weighted by Crippen LogP contribution is 2.27. The van der Waals surface area contributed by atoms with Crippen molar-refractivity contribution in [3.05, 3.63) is 65.2 Å². The first-order valence-electron chi connectivity index (χ1n) is 8.99. The topological polar surface area (TPSA) is 23.6 Å². The molecule has 124 valence electrons. The molecule has 1 amide bonds. The smallest absolute Gasteiger partial charge is 0.227 e. The van der Waals surface area contributed by atoms with Gasteiger partial charge in [0.15, 0.2) is 0 Å². The lowest BCUT2D eigenvalue weighted by Gasteiger charge is -2.32. The fraction of sp³-hybridized carbons (Fsp3) is 0.381. The van der Waals surface area contributed by atoms with Gasteiger partial charge in [-0.05, 0) is 42.0 Å². The van der Waals surface area contributed by atoms with Gasteiger partial charge in [-0.15, -0.1) is 0 Å². The van der Waals surface area contributed by atoms with Gasteiger partial charge in [0.25, 0.3) is 0 Å². The van der Waals surface area contributed by atoms with E-state index >= 15 is 0 Å². The van der Waals surface area contributed by atoms with Crippen molar-refractivity contribution in [1.29, 1.82) is 0 Å². The fourth-order valence-electron chi connectivity index (χ4n) is 3.94. The number of carbonyl (C=O) groups is 1. The van der Waals surface area contributed by atoms with Gasteiger partial charge in [-0.1, -0.05) is 42.5 Å². The number of hydrogen-bond donors (Lipinski definition) is 0. The molecule has 0 aromatic heterocycles. The molecule has 0 aliphatic carbocycles. The highest BCUT2D eigenvalue weighted by atomic mass is 16.2. The highest BCUT2D eigenvalue weighted by molar-refractivity contribution is 5.96. The quantitative estimate of drug-likeness (QED) is 0.862. The van der Waals surface area contributed by atoms with Crippen LogP contribution in [-0.2, 0) is 24.2 Å². The van der Waals surface area contributed by atoms with Gasteiger partial charge in [-0.25, -0.2) is 0 Å². The van der Waals surface area contributed by atoms with E-state index in [9.17, 15) is 4.79 Å². The number of para-hydroxylation sites is 1. The van der Waals surface area contributed by atoms with Crippen LogP contribution in [0, 0.1) is 0 Å². The summed E-state index contributed by atoms with van der Waals surface area (Å²) in [7, 11) is 0. The largest absolute Gasteiger partial charge is 0.312 e. The summed E-state index contributed by atoms with van der Waals surface area (Å²) in [6.45, 7) is 4.05. The molecule has 4 rings (SSSR count). The first-order valence-corrected chi connectivity index (χ1v) is 8.99. The molecule has 0 atom stereocenters. The number of amides is 1. The van der Waals surface area contributed by atoms with Crippen LogP contribution in [0.4, 0.5) is 5.69 Å². The van der Waals surface area contributed by atoms with Crippen LogP contribution in [0.15, 0.2) is 48.5 Å². The van der Waals surface area contributed by atoms with Gasteiger partial charge in [0.1, 0.15) is 0 Å². The fourth-order valence-corrected chi connectivity index (χ4v) is 3.94. The van der Waals surface area contributed by atoms with Crippen LogP contribution in [0.3, 0.4) is 0 Å². The Morgan fingerprint density at radius 3 is 2.42 bits per heavy atom. The number of carbonyl (C=O) groups excluding carboxylic acids is 1. The molecule has 2 aromatic carbocycles. The summed E-state index contributed by atoms with van der Waals surface area (Å²) in [5.41, 5.74) is 5.39. The number of rotatable bonds is 4. The zero-order valence-electron chi connectivity index (χ0n) is 14.1. The number of fused-ring (bicyclic) bond motifs is 2. The van der Waals surface area contributed by atoms with E-state index in [4.69, 9.17) is 0 Å². The molecule has 0 N–H and O–H groups in total. The Balaban J connectivity index is 1.36. The number of aryl methyl sites for hydroxylation is 1. The van der Waals surface area contributed by atoms with Crippen molar-refractivity contribution in [3.8, 4) is 0 Å². The average Bonchev–Trinajstić information content (AvgIpc) is 2.63. The predicted molar refractivity (Wildman–Crippen MR) is 97.2 cm³/mol. The van der Waals surface area contributed by atoms with Crippen molar-refractivity contribution < 1.29 is 4.79 Å². The molecule has 2 aliphatic rings. The van der Waals surface area contributed by atoms with Crippen molar-refractivity contribution in [2.24, 2.45) is 0 Å². The van der Waals surface area contributed by atoms with Crippen LogP contribution in [0.5, 0.6) is 0 Å². The molecule has 0 spiro atoms. The van der Waals surface area contributed by atoms with E-state index in [1.807, 2.05) is 11.0 Å². The van der Waals surface area contributed by atoms with Gasteiger partial charge < -0.3 is 4.90 Å². The SMILES string of the molecule is O=C1CCc2ccccc2N1CCCN1CCc2ccccc2C1. The Kier molecular flexibility index (Phi) is 4.35. The average molecular weight is 320 g/mol. The van der Waals surface area contributed by atoms with Crippen molar-refractivity contribution in [2.75, 3.05) is 24.5 Å². The summed E-state index contributed by atoms with van der Waals surface area (Å²) >= 11 is 0. The maximum atomic E-state index is 12.3. The molecule has 24 heavy (non-hydrogen) atoms. The van der Waals surface area contributed by atoms with Gasteiger partial charge in [-0.3, -0.25) is 9.69 Å². The lowest BCUT2D eigenvalue weighted by molar-refractivity contribution is -0.118. The third-order valence-electron chi connectivity index (χ3n) is 5.26. The minimum absolute atomic E-state index is 0.276. The molecule has 3 heteroatoms. The Bertz CT molecular complexity index is 740. The second-order valence-corrected chi connectivity index (χ2v) is 6.82. The molecule has 0 unspecified atom stereocenters. The standard InChI is InChI=1S/C21H24N2O/c24-21-11-10-18-7-3-4-9-20(18)23(21)14-5-13-22-15-12-17-6-1-2-8-19(17)16-22/h1-4,6-9H,5,10-16H2. The summed E-state index contributed by atoms with van der Waals surface area (Å²) in [4.78, 5) is 16.8. The van der Waals surface area contributed by atoms with Crippen LogP contribution < -0.4 is 4.90 Å². The van der Waals surface area contributed by atoms with E-state index < -0.39 is 0 Å². The van der Waals surface area contributed by atoms with E-state index in [2.05, 4.69) is 47.4 Å². The maximum Gasteiger partial charge on any atom is 0.227 e. The minimum Gasteiger partial charge on any atom is -0.312 e. The third kappa shape index (κ3) is 3.09. The van der Waals surface area contributed by atoms with Gasteiger partial charge in [0, 0.05) is 38.3 Å². The molecule has 0 fully saturated rings. The molecule has 0 saturated heterocycles. The lowest BCUT2D eigenvalue weighted by Crippen LogP contribution is -2.38. The first kappa shape index (κ1) is 15.4. The van der Waals surface area contributed by atoms with Gasteiger partial charge in [0.2, 0.25) is 5.91 Å². The van der Waals surface area contributed by atoms with Crippen molar-refractivity contribution >= 4 is 11.6 Å². The Hall–Kier alpha value is -2.13. The van der Waals surface area contributed by atoms with Crippen molar-refractivity contribution in [2.45, 2.75) is 32.2 Å². The van der Waals surface area contributed by atoms with Gasteiger partial charge in [0.05, 0.1) is 0 Å².